The fourth-order valence-electron chi connectivity index (χ4n) is 1.02. The molecule has 0 aromatic carbocycles. The summed E-state index contributed by atoms with van der Waals surface area (Å²) in [5.74, 6) is -0.362. The van der Waals surface area contributed by atoms with Gasteiger partial charge >= 0.3 is 0 Å². The summed E-state index contributed by atoms with van der Waals surface area (Å²) < 4.78 is 12.7. The van der Waals surface area contributed by atoms with Gasteiger partial charge in [0, 0.05) is 5.57 Å². The van der Waals surface area contributed by atoms with Gasteiger partial charge in [-0.2, -0.15) is 0 Å². The lowest BCUT2D eigenvalue weighted by Crippen LogP contribution is -1.96. The first kappa shape index (κ1) is 7.19. The predicted octanol–water partition coefficient (Wildman–Crippen LogP) is 2.15. The second-order valence-corrected chi connectivity index (χ2v) is 2.40. The number of hydrogen-bond donors (Lipinski definition) is 0. The zero-order valence-corrected chi connectivity index (χ0v) is 5.86. The van der Waals surface area contributed by atoms with E-state index in [0.29, 0.717) is 6.29 Å². The third kappa shape index (κ3) is 1.15. The SMILES string of the molecule is CC1=C(C=O)C(F)=CCC1. The van der Waals surface area contributed by atoms with Crippen molar-refractivity contribution in [2.24, 2.45) is 0 Å². The summed E-state index contributed by atoms with van der Waals surface area (Å²) in [6.45, 7) is 1.79. The number of carbonyl (C=O) groups excluding carboxylic acids is 1. The van der Waals surface area contributed by atoms with Crippen LogP contribution in [0.4, 0.5) is 4.39 Å². The van der Waals surface area contributed by atoms with Gasteiger partial charge in [0.05, 0.1) is 0 Å². The maximum Gasteiger partial charge on any atom is 0.152 e. The molecule has 0 saturated heterocycles. The zero-order chi connectivity index (χ0) is 7.56. The Morgan fingerprint density at radius 2 is 2.40 bits per heavy atom. The van der Waals surface area contributed by atoms with Gasteiger partial charge in [-0.05, 0) is 25.8 Å². The second kappa shape index (κ2) is 2.78. The molecule has 0 saturated carbocycles. The molecular weight excluding hydrogens is 131 g/mol. The lowest BCUT2D eigenvalue weighted by atomic mass is 9.99. The molecule has 0 aliphatic heterocycles. The van der Waals surface area contributed by atoms with E-state index >= 15 is 0 Å². The molecule has 0 bridgehead atoms. The molecule has 0 heterocycles. The molecule has 0 N–H and O–H groups in total. The Morgan fingerprint density at radius 3 is 2.80 bits per heavy atom. The lowest BCUT2D eigenvalue weighted by Gasteiger charge is -2.08. The molecule has 0 spiro atoms. The molecule has 54 valence electrons. The lowest BCUT2D eigenvalue weighted by molar-refractivity contribution is -0.104. The fraction of sp³-hybridized carbons (Fsp3) is 0.375. The number of allylic oxidation sites excluding steroid dienone is 4. The van der Waals surface area contributed by atoms with E-state index in [-0.39, 0.29) is 11.4 Å². The molecule has 0 aromatic rings. The molecule has 1 aliphatic rings. The second-order valence-electron chi connectivity index (χ2n) is 2.40. The quantitative estimate of drug-likeness (QED) is 0.510. The summed E-state index contributed by atoms with van der Waals surface area (Å²) in [5.41, 5.74) is 1.10. The Labute approximate surface area is 59.2 Å². The van der Waals surface area contributed by atoms with Crippen LogP contribution in [0.15, 0.2) is 23.0 Å². The summed E-state index contributed by atoms with van der Waals surface area (Å²) in [5, 5.41) is 0. The fourth-order valence-corrected chi connectivity index (χ4v) is 1.02. The van der Waals surface area contributed by atoms with Crippen LogP contribution >= 0.6 is 0 Å². The molecule has 10 heavy (non-hydrogen) atoms. The molecule has 0 atom stereocenters. The van der Waals surface area contributed by atoms with Gasteiger partial charge in [0.15, 0.2) is 6.29 Å². The molecule has 2 heteroatoms. The predicted molar refractivity (Wildman–Crippen MR) is 37.2 cm³/mol. The number of carbonyl (C=O) groups is 1. The summed E-state index contributed by atoms with van der Waals surface area (Å²) in [7, 11) is 0. The van der Waals surface area contributed by atoms with Crippen molar-refractivity contribution in [1.82, 2.24) is 0 Å². The van der Waals surface area contributed by atoms with Gasteiger partial charge in [0.25, 0.3) is 0 Å². The number of hydrogen-bond acceptors (Lipinski definition) is 1. The molecule has 0 fully saturated rings. The Morgan fingerprint density at radius 1 is 1.70 bits per heavy atom. The minimum absolute atomic E-state index is 0.242. The first-order valence-corrected chi connectivity index (χ1v) is 3.26. The normalized spacial score (nSPS) is 18.8. The molecule has 1 aliphatic carbocycles. The van der Waals surface area contributed by atoms with Crippen molar-refractivity contribution >= 4 is 6.29 Å². The monoisotopic (exact) mass is 140 g/mol. The van der Waals surface area contributed by atoms with E-state index in [1.165, 1.54) is 6.08 Å². The smallest absolute Gasteiger partial charge is 0.152 e. The summed E-state index contributed by atoms with van der Waals surface area (Å²) in [4.78, 5) is 10.2. The number of halogens is 1. The van der Waals surface area contributed by atoms with Crippen LogP contribution in [0.25, 0.3) is 0 Å². The van der Waals surface area contributed by atoms with Crippen LogP contribution < -0.4 is 0 Å². The molecule has 1 nitrogen and oxygen atoms in total. The van der Waals surface area contributed by atoms with Crippen molar-refractivity contribution in [3.05, 3.63) is 23.0 Å². The summed E-state index contributed by atoms with van der Waals surface area (Å²) >= 11 is 0. The van der Waals surface area contributed by atoms with Crippen LogP contribution in [-0.2, 0) is 4.79 Å². The zero-order valence-electron chi connectivity index (χ0n) is 5.86. The third-order valence-corrected chi connectivity index (χ3v) is 1.68. The van der Waals surface area contributed by atoms with Crippen LogP contribution in [0, 0.1) is 0 Å². The highest BCUT2D eigenvalue weighted by Crippen LogP contribution is 2.23. The Balaban J connectivity index is 2.97. The van der Waals surface area contributed by atoms with Crippen molar-refractivity contribution < 1.29 is 9.18 Å². The number of aldehydes is 1. The third-order valence-electron chi connectivity index (χ3n) is 1.68. The first-order chi connectivity index (χ1) is 4.75. The Bertz CT molecular complexity index is 213. The van der Waals surface area contributed by atoms with E-state index < -0.39 is 0 Å². The van der Waals surface area contributed by atoms with Crippen molar-refractivity contribution in [2.75, 3.05) is 0 Å². The summed E-state index contributed by atoms with van der Waals surface area (Å²) in [6.07, 6.45) is 3.56. The van der Waals surface area contributed by atoms with Gasteiger partial charge in [-0.15, -0.1) is 0 Å². The van der Waals surface area contributed by atoms with Crippen molar-refractivity contribution in [2.45, 2.75) is 19.8 Å². The average Bonchev–Trinajstić information content (AvgIpc) is 1.88. The molecule has 0 unspecified atom stereocenters. The van der Waals surface area contributed by atoms with Crippen molar-refractivity contribution in [1.29, 1.82) is 0 Å². The number of rotatable bonds is 1. The molecular formula is C8H9FO. The van der Waals surface area contributed by atoms with Gasteiger partial charge in [0.2, 0.25) is 0 Å². The van der Waals surface area contributed by atoms with Gasteiger partial charge in [-0.3, -0.25) is 4.79 Å². The largest absolute Gasteiger partial charge is 0.298 e. The van der Waals surface area contributed by atoms with Gasteiger partial charge in [-0.1, -0.05) is 5.57 Å². The van der Waals surface area contributed by atoms with E-state index in [9.17, 15) is 9.18 Å². The van der Waals surface area contributed by atoms with Crippen molar-refractivity contribution in [3.8, 4) is 0 Å². The first-order valence-electron chi connectivity index (χ1n) is 3.26. The van der Waals surface area contributed by atoms with Crippen LogP contribution in [0.5, 0.6) is 0 Å². The maximum absolute atomic E-state index is 12.7. The van der Waals surface area contributed by atoms with E-state index in [2.05, 4.69) is 0 Å². The molecule has 0 aromatic heterocycles. The highest BCUT2D eigenvalue weighted by molar-refractivity contribution is 5.80. The minimum Gasteiger partial charge on any atom is -0.298 e. The molecule has 0 amide bonds. The van der Waals surface area contributed by atoms with Crippen molar-refractivity contribution in [3.63, 3.8) is 0 Å². The molecule has 0 radical (unpaired) electrons. The van der Waals surface area contributed by atoms with Gasteiger partial charge in [0.1, 0.15) is 5.83 Å². The van der Waals surface area contributed by atoms with E-state index in [1.54, 1.807) is 6.92 Å². The highest BCUT2D eigenvalue weighted by atomic mass is 19.1. The van der Waals surface area contributed by atoms with Crippen LogP contribution in [0.1, 0.15) is 19.8 Å². The minimum atomic E-state index is -0.362. The van der Waals surface area contributed by atoms with Crippen LogP contribution in [0.3, 0.4) is 0 Å². The molecule has 1 rings (SSSR count). The van der Waals surface area contributed by atoms with E-state index in [1.807, 2.05) is 0 Å². The van der Waals surface area contributed by atoms with Crippen LogP contribution in [0.2, 0.25) is 0 Å². The maximum atomic E-state index is 12.7. The van der Waals surface area contributed by atoms with E-state index in [0.717, 1.165) is 18.4 Å². The van der Waals surface area contributed by atoms with E-state index in [4.69, 9.17) is 0 Å². The Hall–Kier alpha value is -0.920. The van der Waals surface area contributed by atoms with Crippen LogP contribution in [-0.4, -0.2) is 6.29 Å². The van der Waals surface area contributed by atoms with Gasteiger partial charge < -0.3 is 0 Å². The van der Waals surface area contributed by atoms with Gasteiger partial charge in [-0.25, -0.2) is 4.39 Å². The Kier molecular flexibility index (Phi) is 2.00. The standard InChI is InChI=1S/C8H9FO/c1-6-3-2-4-8(9)7(6)5-10/h4-5H,2-3H2,1H3. The topological polar surface area (TPSA) is 17.1 Å². The average molecular weight is 140 g/mol. The highest BCUT2D eigenvalue weighted by Gasteiger charge is 2.10. The summed E-state index contributed by atoms with van der Waals surface area (Å²) in [6, 6.07) is 0.